The lowest BCUT2D eigenvalue weighted by Crippen LogP contribution is -2.48. The van der Waals surface area contributed by atoms with Crippen molar-refractivity contribution < 1.29 is 28.2 Å². The van der Waals surface area contributed by atoms with Gasteiger partial charge in [-0.15, -0.1) is 0 Å². The molecule has 1 aromatic heterocycles. The van der Waals surface area contributed by atoms with E-state index in [1.807, 2.05) is 36.4 Å². The van der Waals surface area contributed by atoms with Gasteiger partial charge in [-0.3, -0.25) is 9.69 Å². The summed E-state index contributed by atoms with van der Waals surface area (Å²) in [5.74, 6) is 1.61. The van der Waals surface area contributed by atoms with Crippen molar-refractivity contribution in [2.45, 2.75) is 13.0 Å². The largest absolute Gasteiger partial charge is 0.497 e. The monoisotopic (exact) mass is 550 g/mol. The third kappa shape index (κ3) is 8.49. The molecule has 10 nitrogen and oxygen atoms in total. The summed E-state index contributed by atoms with van der Waals surface area (Å²) in [4.78, 5) is 32.8. The molecule has 1 aliphatic rings. The number of hydrogen-bond acceptors (Lipinski definition) is 7. The summed E-state index contributed by atoms with van der Waals surface area (Å²) in [5.41, 5.74) is 1.63. The second-order valence-electron chi connectivity index (χ2n) is 9.50. The van der Waals surface area contributed by atoms with E-state index >= 15 is 0 Å². The van der Waals surface area contributed by atoms with Gasteiger partial charge in [-0.25, -0.2) is 4.79 Å². The molecule has 1 N–H and O–H groups in total. The highest BCUT2D eigenvalue weighted by atomic mass is 16.5. The van der Waals surface area contributed by atoms with Crippen molar-refractivity contribution in [1.29, 1.82) is 0 Å². The van der Waals surface area contributed by atoms with Gasteiger partial charge in [-0.2, -0.15) is 0 Å². The highest BCUT2D eigenvalue weighted by Crippen LogP contribution is 2.29. The maximum absolute atomic E-state index is 13.7. The van der Waals surface area contributed by atoms with E-state index in [0.717, 1.165) is 18.7 Å². The number of amides is 3. The molecule has 1 saturated heterocycles. The molecule has 2 aromatic carbocycles. The van der Waals surface area contributed by atoms with Crippen LogP contribution in [-0.2, 0) is 22.5 Å². The maximum Gasteiger partial charge on any atom is 0.322 e. The van der Waals surface area contributed by atoms with Gasteiger partial charge in [0, 0.05) is 38.8 Å². The zero-order chi connectivity index (χ0) is 28.2. The Labute approximate surface area is 235 Å². The van der Waals surface area contributed by atoms with Crippen molar-refractivity contribution in [1.82, 2.24) is 14.7 Å². The minimum absolute atomic E-state index is 0.0792. The first-order chi connectivity index (χ1) is 19.6. The summed E-state index contributed by atoms with van der Waals surface area (Å²) < 4.78 is 21.7. The summed E-state index contributed by atoms with van der Waals surface area (Å²) >= 11 is 0. The smallest absolute Gasteiger partial charge is 0.322 e. The summed E-state index contributed by atoms with van der Waals surface area (Å²) in [6, 6.07) is 18.5. The van der Waals surface area contributed by atoms with Gasteiger partial charge in [-0.05, 0) is 36.2 Å². The number of rotatable bonds is 13. The Hall–Kier alpha value is -4.02. The Morgan fingerprint density at radius 1 is 0.950 bits per heavy atom. The van der Waals surface area contributed by atoms with Crippen LogP contribution < -0.4 is 14.8 Å². The predicted octanol–water partition coefficient (Wildman–Crippen LogP) is 3.73. The fraction of sp³-hybridized carbons (Fsp3) is 0.400. The van der Waals surface area contributed by atoms with E-state index in [9.17, 15) is 9.59 Å². The van der Waals surface area contributed by atoms with E-state index in [-0.39, 0.29) is 18.5 Å². The summed E-state index contributed by atoms with van der Waals surface area (Å²) in [7, 11) is 3.10. The molecule has 0 aliphatic carbocycles. The predicted molar refractivity (Wildman–Crippen MR) is 152 cm³/mol. The number of carbonyl (C=O) groups is 2. The Morgan fingerprint density at radius 2 is 1.75 bits per heavy atom. The molecular weight excluding hydrogens is 512 g/mol. The Morgan fingerprint density at radius 3 is 2.45 bits per heavy atom. The number of morpholine rings is 1. The van der Waals surface area contributed by atoms with Crippen molar-refractivity contribution in [3.63, 3.8) is 0 Å². The minimum Gasteiger partial charge on any atom is -0.497 e. The van der Waals surface area contributed by atoms with Gasteiger partial charge in [-0.1, -0.05) is 30.3 Å². The van der Waals surface area contributed by atoms with Gasteiger partial charge in [0.25, 0.3) is 0 Å². The van der Waals surface area contributed by atoms with Gasteiger partial charge in [0.1, 0.15) is 23.8 Å². The lowest BCUT2D eigenvalue weighted by molar-refractivity contribution is -0.132. The van der Waals surface area contributed by atoms with Crippen LogP contribution in [0.5, 0.6) is 11.5 Å². The summed E-state index contributed by atoms with van der Waals surface area (Å²) in [5, 5.41) is 2.92. The zero-order valence-corrected chi connectivity index (χ0v) is 23.2. The molecule has 0 unspecified atom stereocenters. The fourth-order valence-corrected chi connectivity index (χ4v) is 4.49. The molecule has 0 spiro atoms. The topological polar surface area (TPSA) is 96.7 Å². The molecule has 40 heavy (non-hydrogen) atoms. The quantitative estimate of drug-likeness (QED) is 0.346. The first-order valence-corrected chi connectivity index (χ1v) is 13.5. The zero-order valence-electron chi connectivity index (χ0n) is 23.2. The average molecular weight is 551 g/mol. The maximum atomic E-state index is 13.7. The van der Waals surface area contributed by atoms with E-state index in [2.05, 4.69) is 10.2 Å². The van der Waals surface area contributed by atoms with Gasteiger partial charge in [0.05, 0.1) is 45.9 Å². The van der Waals surface area contributed by atoms with Crippen LogP contribution in [-0.4, -0.2) is 93.3 Å². The highest BCUT2D eigenvalue weighted by molar-refractivity contribution is 5.93. The normalized spacial score (nSPS) is 13.4. The number of hydrogen-bond donors (Lipinski definition) is 1. The molecule has 0 atom stereocenters. The molecule has 0 saturated carbocycles. The molecule has 214 valence electrons. The number of benzene rings is 2. The number of furan rings is 1. The molecule has 0 radical (unpaired) electrons. The number of urea groups is 1. The van der Waals surface area contributed by atoms with Crippen molar-refractivity contribution >= 4 is 17.6 Å². The number of anilines is 1. The number of carbonyl (C=O) groups excluding carboxylic acids is 2. The van der Waals surface area contributed by atoms with Gasteiger partial charge in [0.2, 0.25) is 5.91 Å². The first kappa shape index (κ1) is 29.0. The lowest BCUT2D eigenvalue weighted by atomic mass is 10.1. The van der Waals surface area contributed by atoms with Crippen LogP contribution in [0.1, 0.15) is 11.3 Å². The Kier molecular flexibility index (Phi) is 10.8. The highest BCUT2D eigenvalue weighted by Gasteiger charge is 2.24. The molecule has 0 bridgehead atoms. The number of ether oxygens (including phenoxy) is 3. The first-order valence-electron chi connectivity index (χ1n) is 13.5. The SMILES string of the molecule is COc1ccc(NC(=O)N(CCN2CCOCC2)CC(=O)N(CCc2ccccc2)Cc2ccco2)c(OC)c1. The lowest BCUT2D eigenvalue weighted by Gasteiger charge is -2.31. The van der Waals surface area contributed by atoms with Gasteiger partial charge >= 0.3 is 6.03 Å². The molecule has 1 fully saturated rings. The third-order valence-corrected chi connectivity index (χ3v) is 6.85. The van der Waals surface area contributed by atoms with E-state index < -0.39 is 0 Å². The molecular formula is C30H38N4O6. The standard InChI is InChI=1S/C30H38N4O6/c1-37-25-10-11-27(28(21-25)38-2)31-30(36)34(15-14-32-16-19-39-20-17-32)23-29(35)33(22-26-9-6-18-40-26)13-12-24-7-4-3-5-8-24/h3-11,18,21H,12-17,19-20,22-23H2,1-2H3,(H,31,36). The van der Waals surface area contributed by atoms with Crippen LogP contribution in [0, 0.1) is 0 Å². The van der Waals surface area contributed by atoms with Crippen molar-refractivity contribution in [2.75, 3.05) is 72.0 Å². The van der Waals surface area contributed by atoms with Crippen LogP contribution in [0.25, 0.3) is 0 Å². The van der Waals surface area contributed by atoms with Crippen molar-refractivity contribution in [2.24, 2.45) is 0 Å². The summed E-state index contributed by atoms with van der Waals surface area (Å²) in [6.07, 6.45) is 2.29. The van der Waals surface area contributed by atoms with E-state index in [4.69, 9.17) is 18.6 Å². The van der Waals surface area contributed by atoms with Crippen LogP contribution in [0.2, 0.25) is 0 Å². The molecule has 10 heteroatoms. The second kappa shape index (κ2) is 14.9. The molecule has 4 rings (SSSR count). The molecule has 1 aliphatic heterocycles. The number of methoxy groups -OCH3 is 2. The van der Waals surface area contributed by atoms with Gasteiger partial charge in [0.15, 0.2) is 0 Å². The van der Waals surface area contributed by atoms with Crippen LogP contribution in [0.4, 0.5) is 10.5 Å². The van der Waals surface area contributed by atoms with Gasteiger partial charge < -0.3 is 33.7 Å². The Bertz CT molecular complexity index is 1200. The summed E-state index contributed by atoms with van der Waals surface area (Å²) in [6.45, 7) is 4.64. The molecule has 3 aromatic rings. The Balaban J connectivity index is 1.49. The van der Waals surface area contributed by atoms with Crippen LogP contribution in [0.3, 0.4) is 0 Å². The average Bonchev–Trinajstić information content (AvgIpc) is 3.51. The minimum atomic E-state index is -0.383. The molecule has 2 heterocycles. The second-order valence-corrected chi connectivity index (χ2v) is 9.50. The van der Waals surface area contributed by atoms with E-state index in [0.29, 0.717) is 68.8 Å². The van der Waals surface area contributed by atoms with Crippen LogP contribution >= 0.6 is 0 Å². The number of nitrogens with one attached hydrogen (secondary N) is 1. The number of nitrogens with zero attached hydrogens (tertiary/aromatic N) is 3. The molecule has 3 amide bonds. The van der Waals surface area contributed by atoms with Crippen molar-refractivity contribution in [3.8, 4) is 11.5 Å². The van der Waals surface area contributed by atoms with E-state index in [1.165, 1.54) is 7.11 Å². The van der Waals surface area contributed by atoms with Crippen molar-refractivity contribution in [3.05, 3.63) is 78.3 Å². The van der Waals surface area contributed by atoms with E-state index in [1.54, 1.807) is 47.4 Å². The fourth-order valence-electron chi connectivity index (χ4n) is 4.49. The van der Waals surface area contributed by atoms with Crippen LogP contribution in [0.15, 0.2) is 71.3 Å². The third-order valence-electron chi connectivity index (χ3n) is 6.85.